The fraction of sp³-hybridized carbons (Fsp3) is 0.866. The molecule has 0 aliphatic carbocycles. The molecule has 12 atom stereocenters. The number of unbranched alkanes of at least 4 members (excludes halogenated alkanes) is 35. The van der Waals surface area contributed by atoms with Gasteiger partial charge in [-0.2, -0.15) is 0 Å². The van der Waals surface area contributed by atoms with Gasteiger partial charge in [-0.3, -0.25) is 4.79 Å². The molecule has 0 radical (unpaired) electrons. The molecule has 2 aliphatic heterocycles. The van der Waals surface area contributed by atoms with Gasteiger partial charge in [0.05, 0.1) is 32.0 Å². The highest BCUT2D eigenvalue weighted by molar-refractivity contribution is 5.76. The first-order chi connectivity index (χ1) is 39.6. The molecule has 12 unspecified atom stereocenters. The summed E-state index contributed by atoms with van der Waals surface area (Å²) in [6, 6.07) is -0.924. The Balaban J connectivity index is 1.71. The van der Waals surface area contributed by atoms with Crippen molar-refractivity contribution < 1.29 is 64.6 Å². The van der Waals surface area contributed by atoms with Crippen molar-refractivity contribution in [3.05, 3.63) is 48.6 Å². The molecule has 14 nitrogen and oxygen atoms in total. The van der Waals surface area contributed by atoms with Gasteiger partial charge in [-0.15, -0.1) is 0 Å². The van der Waals surface area contributed by atoms with Crippen LogP contribution >= 0.6 is 0 Å². The second-order valence-electron chi connectivity index (χ2n) is 23.6. The average Bonchev–Trinajstić information content (AvgIpc) is 3.63. The van der Waals surface area contributed by atoms with Crippen molar-refractivity contribution >= 4 is 5.91 Å². The molecule has 81 heavy (non-hydrogen) atoms. The fourth-order valence-electron chi connectivity index (χ4n) is 10.9. The standard InChI is InChI=1S/C67H123NO13/c1-3-5-7-9-11-13-15-17-19-21-23-24-25-26-27-28-29-30-31-33-34-36-38-40-42-44-46-48-50-56(71)55(68-59(72)51-49-47-45-43-41-39-37-35-32-22-20-18-16-14-12-10-8-6-4-2)54-78-66-64(77)62(75)65(58(53-70)80-66)81-67-63(76)61(74)60(73)57(52-69)79-67/h12,14,18,20,32,35,48,50,55-58,60-67,69-71,73-77H,3-11,13,15-17,19,21-31,33-34,36-47,49,51-54H2,1-2H3,(H,68,72)/b14-12-,20-18-,35-32-,50-48+. The summed E-state index contributed by atoms with van der Waals surface area (Å²) >= 11 is 0. The summed E-state index contributed by atoms with van der Waals surface area (Å²) in [5.74, 6) is -0.250. The number of carbonyl (C=O) groups is 1. The maximum absolute atomic E-state index is 13.3. The molecule has 0 spiro atoms. The van der Waals surface area contributed by atoms with Crippen LogP contribution in [0.5, 0.6) is 0 Å². The van der Waals surface area contributed by atoms with Crippen LogP contribution in [0.4, 0.5) is 0 Å². The predicted octanol–water partition coefficient (Wildman–Crippen LogP) is 12.7. The second kappa shape index (κ2) is 52.3. The number of carbonyl (C=O) groups excluding carboxylic acids is 1. The molecular weight excluding hydrogens is 1030 g/mol. The summed E-state index contributed by atoms with van der Waals surface area (Å²) in [5.41, 5.74) is 0. The summed E-state index contributed by atoms with van der Waals surface area (Å²) in [6.07, 6.45) is 50.1. The highest BCUT2D eigenvalue weighted by Gasteiger charge is 2.51. The van der Waals surface area contributed by atoms with Gasteiger partial charge >= 0.3 is 0 Å². The van der Waals surface area contributed by atoms with Gasteiger partial charge in [-0.1, -0.05) is 262 Å². The molecule has 0 bridgehead atoms. The van der Waals surface area contributed by atoms with E-state index in [-0.39, 0.29) is 18.9 Å². The van der Waals surface area contributed by atoms with E-state index >= 15 is 0 Å². The minimum atomic E-state index is -1.79. The van der Waals surface area contributed by atoms with Crippen molar-refractivity contribution in [3.8, 4) is 0 Å². The van der Waals surface area contributed by atoms with E-state index in [2.05, 4.69) is 55.6 Å². The number of aliphatic hydroxyl groups is 8. The molecule has 9 N–H and O–H groups in total. The number of aliphatic hydroxyl groups excluding tert-OH is 8. The SMILES string of the molecule is CCCCC/C=C\C/C=C\C/C=C\CCCCCCCCC(=O)NC(COC1OC(CO)C(OC2OC(CO)C(O)C(O)C2O)C(O)C1O)C(O)/C=C/CCCCCCCCCCCCCCCCCCCCCCCCCCCC. The molecule has 2 saturated heterocycles. The Morgan fingerprint density at radius 3 is 1.27 bits per heavy atom. The quantitative estimate of drug-likeness (QED) is 0.0204. The minimum absolute atomic E-state index is 0.250. The number of allylic oxidation sites excluding steroid dienone is 7. The summed E-state index contributed by atoms with van der Waals surface area (Å²) in [4.78, 5) is 13.3. The Morgan fingerprint density at radius 1 is 0.444 bits per heavy atom. The fourth-order valence-corrected chi connectivity index (χ4v) is 10.9. The number of hydrogen-bond donors (Lipinski definition) is 9. The van der Waals surface area contributed by atoms with Crippen LogP contribution in [0.2, 0.25) is 0 Å². The zero-order chi connectivity index (χ0) is 58.8. The third-order valence-electron chi connectivity index (χ3n) is 16.3. The van der Waals surface area contributed by atoms with Gasteiger partial charge in [0.1, 0.15) is 48.8 Å². The lowest BCUT2D eigenvalue weighted by molar-refractivity contribution is -0.359. The maximum atomic E-state index is 13.3. The van der Waals surface area contributed by atoms with E-state index in [0.29, 0.717) is 6.42 Å². The molecule has 2 rings (SSSR count). The molecule has 474 valence electrons. The van der Waals surface area contributed by atoms with E-state index in [0.717, 1.165) is 70.6 Å². The number of hydrogen-bond acceptors (Lipinski definition) is 13. The highest BCUT2D eigenvalue weighted by atomic mass is 16.7. The van der Waals surface area contributed by atoms with Crippen molar-refractivity contribution in [1.82, 2.24) is 5.32 Å². The van der Waals surface area contributed by atoms with E-state index in [1.165, 1.54) is 180 Å². The maximum Gasteiger partial charge on any atom is 0.220 e. The Bertz CT molecular complexity index is 1540. The summed E-state index contributed by atoms with van der Waals surface area (Å²) in [6.45, 7) is 2.79. The zero-order valence-electron chi connectivity index (χ0n) is 51.3. The summed E-state index contributed by atoms with van der Waals surface area (Å²) in [5, 5.41) is 87.3. The van der Waals surface area contributed by atoms with E-state index < -0.39 is 86.8 Å². The van der Waals surface area contributed by atoms with Gasteiger partial charge in [0.2, 0.25) is 5.91 Å². The Morgan fingerprint density at radius 2 is 0.815 bits per heavy atom. The normalized spacial score (nSPS) is 24.4. The molecule has 0 saturated carbocycles. The molecule has 2 aliphatic rings. The molecule has 0 aromatic heterocycles. The largest absolute Gasteiger partial charge is 0.394 e. The van der Waals surface area contributed by atoms with Crippen molar-refractivity contribution in [2.45, 2.75) is 351 Å². The number of amides is 1. The Labute approximate surface area is 493 Å². The minimum Gasteiger partial charge on any atom is -0.394 e. The van der Waals surface area contributed by atoms with Gasteiger partial charge in [0.15, 0.2) is 12.6 Å². The Hall–Kier alpha value is -2.05. The number of ether oxygens (including phenoxy) is 4. The second-order valence-corrected chi connectivity index (χ2v) is 23.6. The van der Waals surface area contributed by atoms with Gasteiger partial charge < -0.3 is 65.1 Å². The number of rotatable bonds is 54. The van der Waals surface area contributed by atoms with Crippen molar-refractivity contribution in [3.63, 3.8) is 0 Å². The van der Waals surface area contributed by atoms with Crippen LogP contribution in [-0.2, 0) is 23.7 Å². The third-order valence-corrected chi connectivity index (χ3v) is 16.3. The molecule has 2 fully saturated rings. The number of nitrogens with one attached hydrogen (secondary N) is 1. The van der Waals surface area contributed by atoms with E-state index in [4.69, 9.17) is 18.9 Å². The van der Waals surface area contributed by atoms with Crippen LogP contribution < -0.4 is 5.32 Å². The molecule has 14 heteroatoms. The first kappa shape index (κ1) is 75.0. The van der Waals surface area contributed by atoms with Crippen LogP contribution in [0.1, 0.15) is 277 Å². The van der Waals surface area contributed by atoms with Crippen LogP contribution in [0.15, 0.2) is 48.6 Å². The first-order valence-corrected chi connectivity index (χ1v) is 33.4. The molecule has 2 heterocycles. The first-order valence-electron chi connectivity index (χ1n) is 33.4. The molecular formula is C67H123NO13. The Kier molecular flexibility index (Phi) is 48.5. The van der Waals surface area contributed by atoms with Gasteiger partial charge in [-0.25, -0.2) is 0 Å². The predicted molar refractivity (Wildman–Crippen MR) is 327 cm³/mol. The van der Waals surface area contributed by atoms with Gasteiger partial charge in [0.25, 0.3) is 0 Å². The summed E-state index contributed by atoms with van der Waals surface area (Å²) in [7, 11) is 0. The van der Waals surface area contributed by atoms with Gasteiger partial charge in [-0.05, 0) is 57.8 Å². The van der Waals surface area contributed by atoms with Crippen LogP contribution in [0, 0.1) is 0 Å². The van der Waals surface area contributed by atoms with E-state index in [9.17, 15) is 45.6 Å². The van der Waals surface area contributed by atoms with Crippen LogP contribution in [0.25, 0.3) is 0 Å². The zero-order valence-corrected chi connectivity index (χ0v) is 51.3. The van der Waals surface area contributed by atoms with Crippen molar-refractivity contribution in [2.24, 2.45) is 0 Å². The van der Waals surface area contributed by atoms with E-state index in [1.54, 1.807) is 6.08 Å². The van der Waals surface area contributed by atoms with E-state index in [1.807, 2.05) is 6.08 Å². The van der Waals surface area contributed by atoms with Gasteiger partial charge in [0, 0.05) is 6.42 Å². The van der Waals surface area contributed by atoms with Crippen LogP contribution in [-0.4, -0.2) is 140 Å². The molecule has 0 aromatic rings. The average molecular weight is 1150 g/mol. The third kappa shape index (κ3) is 37.2. The molecule has 1 amide bonds. The molecule has 0 aromatic carbocycles. The lowest BCUT2D eigenvalue weighted by Gasteiger charge is -2.46. The lowest BCUT2D eigenvalue weighted by Crippen LogP contribution is -2.65. The summed E-state index contributed by atoms with van der Waals surface area (Å²) < 4.78 is 22.8. The highest BCUT2D eigenvalue weighted by Crippen LogP contribution is 2.30. The van der Waals surface area contributed by atoms with Crippen molar-refractivity contribution in [1.29, 1.82) is 0 Å². The smallest absolute Gasteiger partial charge is 0.220 e. The lowest BCUT2D eigenvalue weighted by atomic mass is 9.97. The van der Waals surface area contributed by atoms with Crippen molar-refractivity contribution in [2.75, 3.05) is 19.8 Å². The topological polar surface area (TPSA) is 228 Å². The monoisotopic (exact) mass is 1150 g/mol. The van der Waals surface area contributed by atoms with Crippen LogP contribution in [0.3, 0.4) is 0 Å².